The molecule has 2 aromatic carbocycles. The summed E-state index contributed by atoms with van der Waals surface area (Å²) in [6.45, 7) is 0.271. The van der Waals surface area contributed by atoms with Crippen LogP contribution in [0.3, 0.4) is 0 Å². The number of hydrogen-bond acceptors (Lipinski definition) is 2. The van der Waals surface area contributed by atoms with E-state index < -0.39 is 29.5 Å². The Hall–Kier alpha value is -3.52. The van der Waals surface area contributed by atoms with Crippen molar-refractivity contribution in [2.75, 3.05) is 5.32 Å². The van der Waals surface area contributed by atoms with E-state index in [0.717, 1.165) is 60.1 Å². The van der Waals surface area contributed by atoms with Crippen molar-refractivity contribution in [3.8, 4) is 5.00 Å². The Morgan fingerprint density at radius 2 is 1.77 bits per heavy atom. The molecular formula is C27H22F3N3OS. The first-order valence-electron chi connectivity index (χ1n) is 11.6. The third-order valence-corrected chi connectivity index (χ3v) is 8.11. The molecule has 4 nitrogen and oxygen atoms in total. The number of aryl methyl sites for hydroxylation is 1. The van der Waals surface area contributed by atoms with Gasteiger partial charge in [-0.3, -0.25) is 0 Å². The van der Waals surface area contributed by atoms with Crippen LogP contribution in [0.15, 0.2) is 60.8 Å². The predicted octanol–water partition coefficient (Wildman–Crippen LogP) is 6.97. The average Bonchev–Trinajstić information content (AvgIpc) is 3.43. The monoisotopic (exact) mass is 493 g/mol. The number of benzene rings is 2. The van der Waals surface area contributed by atoms with Gasteiger partial charge in [0, 0.05) is 22.7 Å². The Morgan fingerprint density at radius 3 is 2.63 bits per heavy atom. The highest BCUT2D eigenvalue weighted by atomic mass is 32.1. The van der Waals surface area contributed by atoms with Crippen molar-refractivity contribution in [1.82, 2.24) is 9.47 Å². The Balaban J connectivity index is 1.51. The average molecular weight is 494 g/mol. The largest absolute Gasteiger partial charge is 0.323 e. The second-order valence-corrected chi connectivity index (χ2v) is 10.0. The second-order valence-electron chi connectivity index (χ2n) is 8.94. The summed E-state index contributed by atoms with van der Waals surface area (Å²) in [4.78, 5) is 16.6. The van der Waals surface area contributed by atoms with E-state index in [1.165, 1.54) is 22.6 Å². The number of carbonyl (C=O) groups is 1. The molecule has 4 aromatic rings. The molecule has 8 heteroatoms. The minimum absolute atomic E-state index is 0.236. The van der Waals surface area contributed by atoms with Gasteiger partial charge in [0.05, 0.1) is 24.0 Å². The van der Waals surface area contributed by atoms with Gasteiger partial charge < -0.3 is 14.8 Å². The number of rotatable bonds is 2. The molecule has 3 heterocycles. The molecule has 35 heavy (non-hydrogen) atoms. The summed E-state index contributed by atoms with van der Waals surface area (Å²) >= 11 is 1.74. The van der Waals surface area contributed by atoms with Crippen molar-refractivity contribution >= 4 is 23.1 Å². The number of carbonyl (C=O) groups excluding carboxylic acids is 1. The van der Waals surface area contributed by atoms with Crippen LogP contribution in [0.25, 0.3) is 5.00 Å². The van der Waals surface area contributed by atoms with Crippen LogP contribution >= 0.6 is 11.3 Å². The van der Waals surface area contributed by atoms with Gasteiger partial charge in [-0.25, -0.2) is 18.0 Å². The minimum atomic E-state index is -0.728. The van der Waals surface area contributed by atoms with E-state index in [4.69, 9.17) is 0 Å². The summed E-state index contributed by atoms with van der Waals surface area (Å²) in [7, 11) is 0. The normalized spacial score (nSPS) is 16.8. The van der Waals surface area contributed by atoms with Gasteiger partial charge in [-0.15, -0.1) is 11.3 Å². The van der Waals surface area contributed by atoms with E-state index >= 15 is 0 Å². The number of aromatic nitrogens is 1. The van der Waals surface area contributed by atoms with E-state index in [0.29, 0.717) is 5.56 Å². The van der Waals surface area contributed by atoms with Gasteiger partial charge in [-0.05, 0) is 73.2 Å². The van der Waals surface area contributed by atoms with Crippen LogP contribution in [0.2, 0.25) is 0 Å². The number of hydrogen-bond donors (Lipinski definition) is 1. The molecule has 1 atom stereocenters. The summed E-state index contributed by atoms with van der Waals surface area (Å²) in [6.07, 6.45) is 6.15. The SMILES string of the molecule is O=C(Nc1cc(F)ccc1F)N1Cc2c(sc3c2CCCC3)-n2cccc2[C@@H]1c1cccc(F)c1. The van der Waals surface area contributed by atoms with Crippen LogP contribution < -0.4 is 5.32 Å². The van der Waals surface area contributed by atoms with E-state index in [9.17, 15) is 18.0 Å². The van der Waals surface area contributed by atoms with Crippen molar-refractivity contribution in [2.24, 2.45) is 0 Å². The third-order valence-electron chi connectivity index (χ3n) is 6.77. The predicted molar refractivity (Wildman–Crippen MR) is 129 cm³/mol. The first-order chi connectivity index (χ1) is 17.0. The standard InChI is InChI=1S/C27H22F3N3OS/c28-17-6-3-5-16(13-17)25-23-8-4-12-32(23)26-20(19-7-1-2-9-24(19)35-26)15-33(25)27(34)31-22-14-18(29)10-11-21(22)30/h3-6,8,10-14,25H,1-2,7,9,15H2,(H,31,34)/t25-/m0/s1. The van der Waals surface area contributed by atoms with Crippen LogP contribution in [0.1, 0.15) is 46.1 Å². The molecule has 2 aromatic heterocycles. The van der Waals surface area contributed by atoms with Crippen molar-refractivity contribution in [2.45, 2.75) is 38.3 Å². The van der Waals surface area contributed by atoms with Crippen molar-refractivity contribution < 1.29 is 18.0 Å². The number of anilines is 1. The van der Waals surface area contributed by atoms with Gasteiger partial charge in [-0.1, -0.05) is 12.1 Å². The molecule has 1 N–H and O–H groups in total. The highest BCUT2D eigenvalue weighted by Gasteiger charge is 2.36. The van der Waals surface area contributed by atoms with Crippen molar-refractivity contribution in [3.63, 3.8) is 0 Å². The number of nitrogens with zero attached hydrogens (tertiary/aromatic N) is 2. The summed E-state index contributed by atoms with van der Waals surface area (Å²) < 4.78 is 44.6. The molecule has 0 radical (unpaired) electrons. The third kappa shape index (κ3) is 3.82. The lowest BCUT2D eigenvalue weighted by atomic mass is 9.95. The number of urea groups is 1. The van der Waals surface area contributed by atoms with Crippen LogP contribution in [0.4, 0.5) is 23.7 Å². The number of fused-ring (bicyclic) bond motifs is 5. The van der Waals surface area contributed by atoms with Gasteiger partial charge >= 0.3 is 6.03 Å². The second kappa shape index (κ2) is 8.61. The lowest BCUT2D eigenvalue weighted by Gasteiger charge is -2.31. The fourth-order valence-electron chi connectivity index (χ4n) is 5.19. The number of halogens is 3. The molecule has 2 amide bonds. The first kappa shape index (κ1) is 22.0. The molecule has 0 fully saturated rings. The highest BCUT2D eigenvalue weighted by Crippen LogP contribution is 2.44. The Morgan fingerprint density at radius 1 is 0.943 bits per heavy atom. The van der Waals surface area contributed by atoms with Crippen LogP contribution in [0.5, 0.6) is 0 Å². The fraction of sp³-hybridized carbons (Fsp3) is 0.222. The van der Waals surface area contributed by atoms with Gasteiger partial charge in [-0.2, -0.15) is 0 Å². The lowest BCUT2D eigenvalue weighted by Crippen LogP contribution is -2.38. The molecule has 2 aliphatic rings. The molecule has 0 spiro atoms. The van der Waals surface area contributed by atoms with E-state index in [2.05, 4.69) is 9.88 Å². The molecule has 178 valence electrons. The van der Waals surface area contributed by atoms with E-state index in [1.807, 2.05) is 18.3 Å². The maximum absolute atomic E-state index is 14.4. The maximum atomic E-state index is 14.4. The fourth-order valence-corrected chi connectivity index (χ4v) is 6.60. The number of amides is 2. The number of thiophene rings is 1. The van der Waals surface area contributed by atoms with Gasteiger partial charge in [0.25, 0.3) is 0 Å². The Bertz CT molecular complexity index is 1440. The highest BCUT2D eigenvalue weighted by molar-refractivity contribution is 7.15. The van der Waals surface area contributed by atoms with Crippen LogP contribution in [-0.4, -0.2) is 15.5 Å². The summed E-state index contributed by atoms with van der Waals surface area (Å²) in [5.74, 6) is -1.79. The van der Waals surface area contributed by atoms with Crippen LogP contribution in [-0.2, 0) is 19.4 Å². The summed E-state index contributed by atoms with van der Waals surface area (Å²) in [5, 5.41) is 3.62. The Labute approximate surface area is 204 Å². The zero-order valence-corrected chi connectivity index (χ0v) is 19.5. The summed E-state index contributed by atoms with van der Waals surface area (Å²) in [5.41, 5.74) is 3.51. The Kier molecular flexibility index (Phi) is 5.40. The van der Waals surface area contributed by atoms with Crippen molar-refractivity contribution in [3.05, 3.63) is 106 Å². The summed E-state index contributed by atoms with van der Waals surface area (Å²) in [6, 6.07) is 11.7. The minimum Gasteiger partial charge on any atom is -0.310 e. The number of nitrogens with one attached hydrogen (secondary N) is 1. The van der Waals surface area contributed by atoms with Gasteiger partial charge in [0.2, 0.25) is 0 Å². The van der Waals surface area contributed by atoms with E-state index in [1.54, 1.807) is 28.4 Å². The molecule has 6 rings (SSSR count). The zero-order chi connectivity index (χ0) is 24.1. The molecule has 1 aliphatic carbocycles. The molecule has 0 bridgehead atoms. The van der Waals surface area contributed by atoms with E-state index in [-0.39, 0.29) is 12.2 Å². The lowest BCUT2D eigenvalue weighted by molar-refractivity contribution is 0.194. The van der Waals surface area contributed by atoms with Gasteiger partial charge in [0.1, 0.15) is 22.5 Å². The quantitative estimate of drug-likeness (QED) is 0.322. The van der Waals surface area contributed by atoms with Crippen molar-refractivity contribution in [1.29, 1.82) is 0 Å². The molecule has 0 saturated heterocycles. The maximum Gasteiger partial charge on any atom is 0.323 e. The smallest absolute Gasteiger partial charge is 0.310 e. The molecular weight excluding hydrogens is 471 g/mol. The molecule has 0 saturated carbocycles. The molecule has 1 aliphatic heterocycles. The topological polar surface area (TPSA) is 37.3 Å². The molecule has 0 unspecified atom stereocenters. The van der Waals surface area contributed by atoms with Crippen LogP contribution in [0, 0.1) is 17.5 Å². The van der Waals surface area contributed by atoms with Gasteiger partial charge in [0.15, 0.2) is 0 Å². The first-order valence-corrected chi connectivity index (χ1v) is 12.4. The zero-order valence-electron chi connectivity index (χ0n) is 18.7.